The first-order valence-electron chi connectivity index (χ1n) is 8.45. The Bertz CT molecular complexity index is 638. The third-order valence-electron chi connectivity index (χ3n) is 4.01. The highest BCUT2D eigenvalue weighted by Crippen LogP contribution is 2.12. The first kappa shape index (κ1) is 18.0. The molecule has 0 fully saturated rings. The van der Waals surface area contributed by atoms with Crippen molar-refractivity contribution in [3.8, 4) is 0 Å². The smallest absolute Gasteiger partial charge is 0.227 e. The lowest BCUT2D eigenvalue weighted by atomic mass is 10.1. The Morgan fingerprint density at radius 1 is 1.00 bits per heavy atom. The summed E-state index contributed by atoms with van der Waals surface area (Å²) in [4.78, 5) is 14.5. The number of unbranched alkanes of at least 4 members (excludes halogenated alkanes) is 2. The van der Waals surface area contributed by atoms with Gasteiger partial charge in [-0.3, -0.25) is 4.79 Å². The van der Waals surface area contributed by atoms with Crippen molar-refractivity contribution in [1.29, 1.82) is 0 Å². The highest BCUT2D eigenvalue weighted by atomic mass is 19.1. The molecule has 0 bridgehead atoms. The van der Waals surface area contributed by atoms with Gasteiger partial charge in [-0.15, -0.1) is 0 Å². The van der Waals surface area contributed by atoms with Crippen LogP contribution in [0.5, 0.6) is 0 Å². The van der Waals surface area contributed by atoms with Gasteiger partial charge in [0.05, 0.1) is 6.42 Å². The molecule has 2 aromatic rings. The number of rotatable bonds is 8. The molecule has 0 aliphatic carbocycles. The van der Waals surface area contributed by atoms with Gasteiger partial charge in [-0.1, -0.05) is 44.0 Å². The zero-order valence-electron chi connectivity index (χ0n) is 14.2. The molecule has 2 rings (SSSR count). The van der Waals surface area contributed by atoms with Crippen molar-refractivity contribution in [2.75, 3.05) is 12.3 Å². The molecule has 0 saturated carbocycles. The first-order valence-corrected chi connectivity index (χ1v) is 8.45. The summed E-state index contributed by atoms with van der Waals surface area (Å²) in [6.07, 6.45) is 3.53. The number of hydrogen-bond donors (Lipinski definition) is 1. The highest BCUT2D eigenvalue weighted by molar-refractivity contribution is 5.78. The molecule has 3 nitrogen and oxygen atoms in total. The van der Waals surface area contributed by atoms with Crippen LogP contribution in [0.3, 0.4) is 0 Å². The molecule has 0 spiro atoms. The molecule has 1 amide bonds. The first-order chi connectivity index (χ1) is 11.6. The van der Waals surface area contributed by atoms with Crippen LogP contribution in [-0.2, 0) is 17.8 Å². The van der Waals surface area contributed by atoms with E-state index >= 15 is 0 Å². The second-order valence-electron chi connectivity index (χ2n) is 6.07. The minimum Gasteiger partial charge on any atom is -0.399 e. The Morgan fingerprint density at radius 3 is 2.25 bits per heavy atom. The van der Waals surface area contributed by atoms with E-state index in [0.717, 1.165) is 36.9 Å². The average Bonchev–Trinajstić information content (AvgIpc) is 2.58. The molecule has 0 heterocycles. The van der Waals surface area contributed by atoms with Crippen LogP contribution in [-0.4, -0.2) is 17.4 Å². The monoisotopic (exact) mass is 328 g/mol. The van der Waals surface area contributed by atoms with Gasteiger partial charge in [0.15, 0.2) is 0 Å². The maximum Gasteiger partial charge on any atom is 0.227 e. The summed E-state index contributed by atoms with van der Waals surface area (Å²) < 4.78 is 13.1. The van der Waals surface area contributed by atoms with Crippen LogP contribution >= 0.6 is 0 Å². The normalized spacial score (nSPS) is 10.6. The van der Waals surface area contributed by atoms with E-state index in [0.29, 0.717) is 18.7 Å². The fourth-order valence-corrected chi connectivity index (χ4v) is 2.58. The lowest BCUT2D eigenvalue weighted by molar-refractivity contribution is -0.131. The maximum absolute atomic E-state index is 13.1. The zero-order valence-corrected chi connectivity index (χ0v) is 14.2. The summed E-state index contributed by atoms with van der Waals surface area (Å²) in [5, 5.41) is 0. The van der Waals surface area contributed by atoms with Crippen molar-refractivity contribution < 1.29 is 9.18 Å². The van der Waals surface area contributed by atoms with Gasteiger partial charge in [-0.05, 0) is 41.8 Å². The van der Waals surface area contributed by atoms with Gasteiger partial charge < -0.3 is 10.6 Å². The standard InChI is InChI=1S/C20H25FN2O/c1-2-3-4-13-23(15-17-5-9-18(21)10-6-17)20(24)14-16-7-11-19(22)12-8-16/h5-12H,2-4,13-15,22H2,1H3. The summed E-state index contributed by atoms with van der Waals surface area (Å²) in [5.74, 6) is -0.176. The van der Waals surface area contributed by atoms with Gasteiger partial charge >= 0.3 is 0 Å². The predicted molar refractivity (Wildman–Crippen MR) is 95.9 cm³/mol. The van der Waals surface area contributed by atoms with Crippen LogP contribution in [0.25, 0.3) is 0 Å². The van der Waals surface area contributed by atoms with Crippen molar-refractivity contribution >= 4 is 11.6 Å². The number of halogens is 1. The fourth-order valence-electron chi connectivity index (χ4n) is 2.58. The van der Waals surface area contributed by atoms with E-state index in [2.05, 4.69) is 6.92 Å². The molecule has 0 aliphatic rings. The summed E-state index contributed by atoms with van der Waals surface area (Å²) >= 11 is 0. The second-order valence-corrected chi connectivity index (χ2v) is 6.07. The predicted octanol–water partition coefficient (Wildman–Crippen LogP) is 4.17. The molecule has 24 heavy (non-hydrogen) atoms. The topological polar surface area (TPSA) is 46.3 Å². The molecule has 0 aliphatic heterocycles. The van der Waals surface area contributed by atoms with Gasteiger partial charge in [0.1, 0.15) is 5.82 Å². The number of nitrogens with two attached hydrogens (primary N) is 1. The molecule has 2 aromatic carbocycles. The van der Waals surface area contributed by atoms with Crippen LogP contribution in [0.2, 0.25) is 0 Å². The number of nitrogens with zero attached hydrogens (tertiary/aromatic N) is 1. The second kappa shape index (κ2) is 9.06. The van der Waals surface area contributed by atoms with Crippen LogP contribution < -0.4 is 5.73 Å². The molecule has 4 heteroatoms. The number of anilines is 1. The third-order valence-corrected chi connectivity index (χ3v) is 4.01. The Kier molecular flexibility index (Phi) is 6.79. The number of carbonyl (C=O) groups is 1. The van der Waals surface area contributed by atoms with E-state index in [9.17, 15) is 9.18 Å². The molecular weight excluding hydrogens is 303 g/mol. The number of nitrogen functional groups attached to an aromatic ring is 1. The molecule has 0 aromatic heterocycles. The zero-order chi connectivity index (χ0) is 17.4. The minimum absolute atomic E-state index is 0.0835. The number of amides is 1. The van der Waals surface area contributed by atoms with Crippen LogP contribution in [0, 0.1) is 5.82 Å². The summed E-state index contributed by atoms with van der Waals surface area (Å²) in [5.41, 5.74) is 8.27. The summed E-state index contributed by atoms with van der Waals surface area (Å²) in [6.45, 7) is 3.37. The van der Waals surface area contributed by atoms with Gasteiger partial charge in [0, 0.05) is 18.8 Å². The number of benzene rings is 2. The Labute approximate surface area is 143 Å². The number of carbonyl (C=O) groups excluding carboxylic acids is 1. The van der Waals surface area contributed by atoms with Gasteiger partial charge in [-0.25, -0.2) is 4.39 Å². The van der Waals surface area contributed by atoms with Gasteiger partial charge in [0.25, 0.3) is 0 Å². The Hall–Kier alpha value is -2.36. The maximum atomic E-state index is 13.1. The van der Waals surface area contributed by atoms with Gasteiger partial charge in [0.2, 0.25) is 5.91 Å². The average molecular weight is 328 g/mol. The third kappa shape index (κ3) is 5.69. The minimum atomic E-state index is -0.260. The van der Waals surface area contributed by atoms with E-state index in [1.807, 2.05) is 29.2 Å². The van der Waals surface area contributed by atoms with E-state index in [1.54, 1.807) is 12.1 Å². The Morgan fingerprint density at radius 2 is 1.62 bits per heavy atom. The van der Waals surface area contributed by atoms with Crippen LogP contribution in [0.4, 0.5) is 10.1 Å². The van der Waals surface area contributed by atoms with E-state index in [-0.39, 0.29) is 11.7 Å². The molecule has 0 saturated heterocycles. The Balaban J connectivity index is 2.04. The van der Waals surface area contributed by atoms with E-state index < -0.39 is 0 Å². The van der Waals surface area contributed by atoms with Crippen molar-refractivity contribution in [1.82, 2.24) is 4.90 Å². The van der Waals surface area contributed by atoms with Crippen molar-refractivity contribution in [3.63, 3.8) is 0 Å². The molecule has 0 atom stereocenters. The van der Waals surface area contributed by atoms with Crippen molar-refractivity contribution in [2.24, 2.45) is 0 Å². The van der Waals surface area contributed by atoms with Crippen LogP contribution in [0.1, 0.15) is 37.3 Å². The van der Waals surface area contributed by atoms with Crippen molar-refractivity contribution in [3.05, 3.63) is 65.5 Å². The highest BCUT2D eigenvalue weighted by Gasteiger charge is 2.14. The van der Waals surface area contributed by atoms with E-state index in [4.69, 9.17) is 5.73 Å². The molecule has 0 unspecified atom stereocenters. The summed E-state index contributed by atoms with van der Waals surface area (Å²) in [6, 6.07) is 13.7. The number of hydrogen-bond acceptors (Lipinski definition) is 2. The van der Waals surface area contributed by atoms with Crippen molar-refractivity contribution in [2.45, 2.75) is 39.2 Å². The van der Waals surface area contributed by atoms with Gasteiger partial charge in [-0.2, -0.15) is 0 Å². The molecule has 0 radical (unpaired) electrons. The molecule has 2 N–H and O–H groups in total. The van der Waals surface area contributed by atoms with Crippen LogP contribution in [0.15, 0.2) is 48.5 Å². The molecule has 128 valence electrons. The molecular formula is C20H25FN2O. The quantitative estimate of drug-likeness (QED) is 0.584. The fraction of sp³-hybridized carbons (Fsp3) is 0.350. The van der Waals surface area contributed by atoms with E-state index in [1.165, 1.54) is 12.1 Å². The largest absolute Gasteiger partial charge is 0.399 e. The lowest BCUT2D eigenvalue weighted by Gasteiger charge is -2.23. The SMILES string of the molecule is CCCCCN(Cc1ccc(F)cc1)C(=O)Cc1ccc(N)cc1. The summed E-state index contributed by atoms with van der Waals surface area (Å²) in [7, 11) is 0. The lowest BCUT2D eigenvalue weighted by Crippen LogP contribution is -2.32.